The number of aryl methyl sites for hydroxylation is 2. The molecule has 1 aromatic rings. The van der Waals surface area contributed by atoms with Gasteiger partial charge < -0.3 is 10.1 Å². The summed E-state index contributed by atoms with van der Waals surface area (Å²) >= 11 is 0. The number of nitrogens with zero attached hydrogens (tertiary/aromatic N) is 2. The number of hydrogen-bond donors (Lipinski definition) is 1. The van der Waals surface area contributed by atoms with Crippen molar-refractivity contribution in [2.45, 2.75) is 59.9 Å². The molecular weight excluding hydrogens is 262 g/mol. The van der Waals surface area contributed by atoms with Gasteiger partial charge in [0.05, 0.1) is 12.3 Å². The van der Waals surface area contributed by atoms with Gasteiger partial charge in [0.25, 0.3) is 0 Å². The van der Waals surface area contributed by atoms with Crippen molar-refractivity contribution < 1.29 is 4.74 Å². The van der Waals surface area contributed by atoms with Crippen molar-refractivity contribution in [2.24, 2.45) is 5.41 Å². The highest BCUT2D eigenvalue weighted by Gasteiger charge is 2.25. The Morgan fingerprint density at radius 3 is 2.67 bits per heavy atom. The maximum absolute atomic E-state index is 5.11. The van der Waals surface area contributed by atoms with E-state index in [2.05, 4.69) is 48.9 Å². The molecule has 1 atom stereocenters. The molecule has 0 aliphatic carbocycles. The summed E-state index contributed by atoms with van der Waals surface area (Å²) in [5.74, 6) is 0. The molecule has 0 fully saturated rings. The molecule has 0 aromatic carbocycles. The van der Waals surface area contributed by atoms with Crippen LogP contribution >= 0.6 is 0 Å². The topological polar surface area (TPSA) is 39.1 Å². The van der Waals surface area contributed by atoms with E-state index >= 15 is 0 Å². The maximum Gasteiger partial charge on any atom is 0.0624 e. The molecular formula is C17H33N3O. The van der Waals surface area contributed by atoms with E-state index in [-0.39, 0.29) is 5.41 Å². The van der Waals surface area contributed by atoms with Gasteiger partial charge in [0.1, 0.15) is 0 Å². The fraction of sp³-hybridized carbons (Fsp3) is 0.824. The lowest BCUT2D eigenvalue weighted by atomic mass is 9.81. The fourth-order valence-corrected chi connectivity index (χ4v) is 2.95. The summed E-state index contributed by atoms with van der Waals surface area (Å²) in [5, 5.41) is 8.21. The molecule has 1 unspecified atom stereocenters. The molecule has 0 bridgehead atoms. The average molecular weight is 295 g/mol. The molecule has 4 nitrogen and oxygen atoms in total. The second kappa shape index (κ2) is 9.21. The lowest BCUT2D eigenvalue weighted by Crippen LogP contribution is -2.35. The minimum atomic E-state index is 0.278. The predicted molar refractivity (Wildman–Crippen MR) is 88.7 cm³/mol. The van der Waals surface area contributed by atoms with Gasteiger partial charge in [0, 0.05) is 32.4 Å². The zero-order chi connectivity index (χ0) is 15.7. The third-order valence-corrected chi connectivity index (χ3v) is 4.07. The van der Waals surface area contributed by atoms with Crippen LogP contribution in [0.4, 0.5) is 0 Å². The normalized spacial score (nSPS) is 14.3. The largest absolute Gasteiger partial charge is 0.383 e. The lowest BCUT2D eigenvalue weighted by Gasteiger charge is -2.30. The van der Waals surface area contributed by atoms with Gasteiger partial charge in [-0.15, -0.1) is 0 Å². The molecule has 21 heavy (non-hydrogen) atoms. The van der Waals surface area contributed by atoms with Gasteiger partial charge in [0.2, 0.25) is 0 Å². The van der Waals surface area contributed by atoms with Crippen LogP contribution in [-0.2, 0) is 24.1 Å². The monoisotopic (exact) mass is 295 g/mol. The molecule has 1 rings (SSSR count). The van der Waals surface area contributed by atoms with Crippen LogP contribution in [-0.4, -0.2) is 36.6 Å². The van der Waals surface area contributed by atoms with E-state index in [0.717, 1.165) is 39.1 Å². The number of rotatable bonds is 11. The zero-order valence-electron chi connectivity index (χ0n) is 14.5. The Hall–Kier alpha value is -0.870. The molecule has 1 aromatic heterocycles. The van der Waals surface area contributed by atoms with Crippen LogP contribution in [0.5, 0.6) is 0 Å². The summed E-state index contributed by atoms with van der Waals surface area (Å²) in [6, 6.07) is 2.28. The van der Waals surface area contributed by atoms with Gasteiger partial charge in [-0.2, -0.15) is 5.10 Å². The third kappa shape index (κ3) is 5.79. The molecule has 1 heterocycles. The predicted octanol–water partition coefficient (Wildman–Crippen LogP) is 3.05. The summed E-state index contributed by atoms with van der Waals surface area (Å²) in [5.41, 5.74) is 2.86. The van der Waals surface area contributed by atoms with Crippen molar-refractivity contribution in [3.63, 3.8) is 0 Å². The quantitative estimate of drug-likeness (QED) is 0.638. The molecule has 0 aliphatic rings. The second-order valence-corrected chi connectivity index (χ2v) is 6.20. The molecule has 0 amide bonds. The first-order chi connectivity index (χ1) is 10.1. The minimum Gasteiger partial charge on any atom is -0.383 e. The first-order valence-electron chi connectivity index (χ1n) is 8.33. The van der Waals surface area contributed by atoms with E-state index in [1.54, 1.807) is 7.11 Å². The summed E-state index contributed by atoms with van der Waals surface area (Å²) in [6.07, 6.45) is 4.53. The summed E-state index contributed by atoms with van der Waals surface area (Å²) in [7, 11) is 1.75. The average Bonchev–Trinajstić information content (AvgIpc) is 2.86. The minimum absolute atomic E-state index is 0.278. The maximum atomic E-state index is 5.11. The van der Waals surface area contributed by atoms with Gasteiger partial charge in [-0.1, -0.05) is 27.2 Å². The Balaban J connectivity index is 2.73. The number of methoxy groups -OCH3 is 1. The number of nitrogens with one attached hydrogen (secondary N) is 1. The van der Waals surface area contributed by atoms with E-state index in [0.29, 0.717) is 0 Å². The van der Waals surface area contributed by atoms with Crippen molar-refractivity contribution in [1.29, 1.82) is 0 Å². The SMILES string of the molecule is CCCC(C)(CNCCOC)Cc1cc(CC)nn1CC. The van der Waals surface area contributed by atoms with Crippen LogP contribution in [0.2, 0.25) is 0 Å². The van der Waals surface area contributed by atoms with Crippen molar-refractivity contribution in [1.82, 2.24) is 15.1 Å². The van der Waals surface area contributed by atoms with Gasteiger partial charge in [-0.25, -0.2) is 0 Å². The molecule has 0 spiro atoms. The van der Waals surface area contributed by atoms with Crippen LogP contribution in [0.1, 0.15) is 51.9 Å². The van der Waals surface area contributed by atoms with Crippen molar-refractivity contribution in [3.05, 3.63) is 17.5 Å². The van der Waals surface area contributed by atoms with Crippen LogP contribution in [0.25, 0.3) is 0 Å². The Labute approximate surface area is 130 Å². The van der Waals surface area contributed by atoms with E-state index in [1.807, 2.05) is 0 Å². The van der Waals surface area contributed by atoms with Crippen molar-refractivity contribution in [3.8, 4) is 0 Å². The van der Waals surface area contributed by atoms with E-state index < -0.39 is 0 Å². The summed E-state index contributed by atoms with van der Waals surface area (Å²) in [6.45, 7) is 12.7. The molecule has 0 saturated carbocycles. The lowest BCUT2D eigenvalue weighted by molar-refractivity contribution is 0.189. The molecule has 0 radical (unpaired) electrons. The first kappa shape index (κ1) is 18.2. The van der Waals surface area contributed by atoms with Crippen LogP contribution in [0.3, 0.4) is 0 Å². The van der Waals surface area contributed by atoms with Gasteiger partial charge in [-0.3, -0.25) is 4.68 Å². The smallest absolute Gasteiger partial charge is 0.0624 e. The van der Waals surface area contributed by atoms with E-state index in [4.69, 9.17) is 4.74 Å². The Bertz CT molecular complexity index is 403. The van der Waals surface area contributed by atoms with Crippen LogP contribution < -0.4 is 5.32 Å². The van der Waals surface area contributed by atoms with Gasteiger partial charge >= 0.3 is 0 Å². The first-order valence-corrected chi connectivity index (χ1v) is 8.33. The Morgan fingerprint density at radius 1 is 1.33 bits per heavy atom. The number of hydrogen-bond acceptors (Lipinski definition) is 3. The van der Waals surface area contributed by atoms with E-state index in [1.165, 1.54) is 24.2 Å². The summed E-state index contributed by atoms with van der Waals surface area (Å²) < 4.78 is 7.28. The zero-order valence-corrected chi connectivity index (χ0v) is 14.5. The van der Waals surface area contributed by atoms with Gasteiger partial charge in [-0.05, 0) is 37.7 Å². The van der Waals surface area contributed by atoms with Crippen LogP contribution in [0, 0.1) is 5.41 Å². The van der Waals surface area contributed by atoms with Crippen molar-refractivity contribution in [2.75, 3.05) is 26.8 Å². The molecule has 1 N–H and O–H groups in total. The molecule has 122 valence electrons. The Morgan fingerprint density at radius 2 is 2.10 bits per heavy atom. The van der Waals surface area contributed by atoms with E-state index in [9.17, 15) is 0 Å². The molecule has 0 saturated heterocycles. The fourth-order valence-electron chi connectivity index (χ4n) is 2.95. The van der Waals surface area contributed by atoms with Crippen molar-refractivity contribution >= 4 is 0 Å². The standard InChI is InChI=1S/C17H33N3O/c1-6-9-17(4,14-18-10-11-21-5)13-16-12-15(7-2)19-20(16)8-3/h12,18H,6-11,13-14H2,1-5H3. The molecule has 4 heteroatoms. The highest BCUT2D eigenvalue weighted by molar-refractivity contribution is 5.12. The highest BCUT2D eigenvalue weighted by atomic mass is 16.5. The number of aromatic nitrogens is 2. The number of ether oxygens (including phenoxy) is 1. The summed E-state index contributed by atoms with van der Waals surface area (Å²) in [4.78, 5) is 0. The Kier molecular flexibility index (Phi) is 7.97. The molecule has 0 aliphatic heterocycles. The van der Waals surface area contributed by atoms with Crippen LogP contribution in [0.15, 0.2) is 6.07 Å². The highest BCUT2D eigenvalue weighted by Crippen LogP contribution is 2.28. The third-order valence-electron chi connectivity index (χ3n) is 4.07. The van der Waals surface area contributed by atoms with Gasteiger partial charge in [0.15, 0.2) is 0 Å². The second-order valence-electron chi connectivity index (χ2n) is 6.20.